The summed E-state index contributed by atoms with van der Waals surface area (Å²) in [6.45, 7) is 3.76. The number of halogens is 1. The summed E-state index contributed by atoms with van der Waals surface area (Å²) in [5.74, 6) is 0.795. The molecule has 1 unspecified atom stereocenters. The monoisotopic (exact) mass is 517 g/mol. The predicted octanol–water partition coefficient (Wildman–Crippen LogP) is 4.64. The van der Waals surface area contributed by atoms with Crippen LogP contribution in [0.4, 0.5) is 16.0 Å². The van der Waals surface area contributed by atoms with Gasteiger partial charge in [-0.3, -0.25) is 9.36 Å². The molecule has 5 rings (SSSR count). The van der Waals surface area contributed by atoms with Crippen molar-refractivity contribution in [3.8, 4) is 11.4 Å². The molecule has 0 saturated heterocycles. The number of methoxy groups -OCH3 is 1. The summed E-state index contributed by atoms with van der Waals surface area (Å²) in [6.07, 6.45) is 3.11. The molecule has 37 heavy (non-hydrogen) atoms. The van der Waals surface area contributed by atoms with E-state index in [-0.39, 0.29) is 17.1 Å². The molecule has 3 aromatic heterocycles. The summed E-state index contributed by atoms with van der Waals surface area (Å²) < 4.78 is 22.5. The van der Waals surface area contributed by atoms with Crippen molar-refractivity contribution in [3.63, 3.8) is 0 Å². The SMILES string of the molecule is COc1ccc(Sc2c(N)ncnc2NC(C)c2nn3ccc(C)c3c(=O)n2-c2ccccc2)cc1F. The number of fused-ring (bicyclic) bond motifs is 1. The minimum absolute atomic E-state index is 0.147. The van der Waals surface area contributed by atoms with Gasteiger partial charge in [-0.15, -0.1) is 0 Å². The van der Waals surface area contributed by atoms with Gasteiger partial charge in [-0.2, -0.15) is 5.10 Å². The summed E-state index contributed by atoms with van der Waals surface area (Å²) in [4.78, 5) is 23.2. The number of aryl methyl sites for hydroxylation is 1. The van der Waals surface area contributed by atoms with E-state index >= 15 is 0 Å². The van der Waals surface area contributed by atoms with E-state index in [2.05, 4.69) is 15.3 Å². The first kappa shape index (κ1) is 24.3. The molecule has 2 aromatic carbocycles. The summed E-state index contributed by atoms with van der Waals surface area (Å²) in [5.41, 5.74) is 8.04. The lowest BCUT2D eigenvalue weighted by Gasteiger charge is -2.21. The number of nitrogens with zero attached hydrogens (tertiary/aromatic N) is 5. The molecule has 1 atom stereocenters. The Morgan fingerprint density at radius 2 is 1.92 bits per heavy atom. The van der Waals surface area contributed by atoms with Crippen LogP contribution < -0.4 is 21.3 Å². The molecule has 0 spiro atoms. The number of benzene rings is 2. The van der Waals surface area contributed by atoms with Crippen LogP contribution >= 0.6 is 11.8 Å². The smallest absolute Gasteiger partial charge is 0.282 e. The maximum absolute atomic E-state index is 14.3. The van der Waals surface area contributed by atoms with Gasteiger partial charge in [0.1, 0.15) is 23.5 Å². The van der Waals surface area contributed by atoms with E-state index in [0.29, 0.717) is 32.6 Å². The number of anilines is 2. The topological polar surface area (TPSA) is 112 Å². The van der Waals surface area contributed by atoms with Gasteiger partial charge in [0.25, 0.3) is 5.56 Å². The highest BCUT2D eigenvalue weighted by atomic mass is 32.2. The summed E-state index contributed by atoms with van der Waals surface area (Å²) in [5, 5.41) is 8.10. The Morgan fingerprint density at radius 1 is 1.14 bits per heavy atom. The van der Waals surface area contributed by atoms with Crippen LogP contribution in [0.3, 0.4) is 0 Å². The van der Waals surface area contributed by atoms with Crippen molar-refractivity contribution in [1.29, 1.82) is 0 Å². The highest BCUT2D eigenvalue weighted by molar-refractivity contribution is 7.99. The summed E-state index contributed by atoms with van der Waals surface area (Å²) in [6, 6.07) is 15.4. The van der Waals surface area contributed by atoms with E-state index in [1.807, 2.05) is 50.2 Å². The lowest BCUT2D eigenvalue weighted by molar-refractivity contribution is 0.385. The maximum atomic E-state index is 14.3. The van der Waals surface area contributed by atoms with Gasteiger partial charge in [0.05, 0.1) is 23.7 Å². The second kappa shape index (κ2) is 9.94. The van der Waals surface area contributed by atoms with Gasteiger partial charge in [0, 0.05) is 11.1 Å². The standard InChI is InChI=1S/C26H24FN7O2S/c1-15-11-12-33-21(15)26(35)34(17-7-5-4-6-8-17)25(32-33)16(2)31-24-22(23(28)29-14-30-24)37-18-9-10-20(36-3)19(27)13-18/h4-14,16H,1-3H3,(H3,28,29,30,31). The van der Waals surface area contributed by atoms with Crippen molar-refractivity contribution < 1.29 is 9.13 Å². The Bertz CT molecular complexity index is 1650. The molecule has 3 N–H and O–H groups in total. The Balaban J connectivity index is 1.56. The first-order valence-electron chi connectivity index (χ1n) is 11.4. The zero-order valence-electron chi connectivity index (χ0n) is 20.3. The maximum Gasteiger partial charge on any atom is 0.282 e. The molecule has 188 valence electrons. The Labute approximate surface area is 216 Å². The highest BCUT2D eigenvalue weighted by Gasteiger charge is 2.22. The van der Waals surface area contributed by atoms with Crippen molar-refractivity contribution in [2.75, 3.05) is 18.2 Å². The largest absolute Gasteiger partial charge is 0.494 e. The highest BCUT2D eigenvalue weighted by Crippen LogP contribution is 2.38. The Hall–Kier alpha value is -4.38. The first-order valence-corrected chi connectivity index (χ1v) is 12.2. The molecular weight excluding hydrogens is 493 g/mol. The first-order chi connectivity index (χ1) is 17.9. The number of nitrogens with one attached hydrogen (secondary N) is 1. The molecule has 9 nitrogen and oxygen atoms in total. The number of ether oxygens (including phenoxy) is 1. The number of aromatic nitrogens is 5. The molecule has 3 heterocycles. The Morgan fingerprint density at radius 3 is 2.65 bits per heavy atom. The average Bonchev–Trinajstić information content (AvgIpc) is 3.27. The fraction of sp³-hybridized carbons (Fsp3) is 0.154. The number of nitrogens with two attached hydrogens (primary N) is 1. The molecule has 0 fully saturated rings. The molecule has 0 bridgehead atoms. The van der Waals surface area contributed by atoms with E-state index in [9.17, 15) is 9.18 Å². The third-order valence-electron chi connectivity index (χ3n) is 5.84. The van der Waals surface area contributed by atoms with Crippen molar-refractivity contribution in [2.45, 2.75) is 29.7 Å². The molecule has 0 amide bonds. The molecule has 0 aliphatic heterocycles. The summed E-state index contributed by atoms with van der Waals surface area (Å²) >= 11 is 1.22. The summed E-state index contributed by atoms with van der Waals surface area (Å²) in [7, 11) is 1.41. The van der Waals surface area contributed by atoms with Crippen LogP contribution in [0.1, 0.15) is 24.4 Å². The van der Waals surface area contributed by atoms with E-state index in [1.54, 1.807) is 27.4 Å². The van der Waals surface area contributed by atoms with Gasteiger partial charge in [0.15, 0.2) is 17.4 Å². The van der Waals surface area contributed by atoms with Crippen molar-refractivity contribution >= 4 is 28.9 Å². The van der Waals surface area contributed by atoms with Gasteiger partial charge in [-0.05, 0) is 55.8 Å². The number of para-hydroxylation sites is 1. The van der Waals surface area contributed by atoms with Gasteiger partial charge in [-0.25, -0.2) is 18.9 Å². The van der Waals surface area contributed by atoms with Gasteiger partial charge >= 0.3 is 0 Å². The second-order valence-electron chi connectivity index (χ2n) is 8.33. The minimum atomic E-state index is -0.489. The van der Waals surface area contributed by atoms with Crippen LogP contribution in [0.2, 0.25) is 0 Å². The minimum Gasteiger partial charge on any atom is -0.494 e. The van der Waals surface area contributed by atoms with E-state index in [0.717, 1.165) is 5.56 Å². The van der Waals surface area contributed by atoms with Crippen LogP contribution in [0, 0.1) is 12.7 Å². The fourth-order valence-corrected chi connectivity index (χ4v) is 4.93. The molecule has 0 aliphatic carbocycles. The quantitative estimate of drug-likeness (QED) is 0.321. The molecule has 11 heteroatoms. The van der Waals surface area contributed by atoms with Gasteiger partial charge in [-0.1, -0.05) is 30.0 Å². The van der Waals surface area contributed by atoms with Crippen LogP contribution in [-0.4, -0.2) is 31.3 Å². The van der Waals surface area contributed by atoms with Gasteiger partial charge in [0.2, 0.25) is 0 Å². The second-order valence-corrected chi connectivity index (χ2v) is 9.41. The predicted molar refractivity (Wildman–Crippen MR) is 141 cm³/mol. The van der Waals surface area contributed by atoms with Crippen LogP contribution in [0.5, 0.6) is 5.75 Å². The number of hydrogen-bond acceptors (Lipinski definition) is 8. The average molecular weight is 518 g/mol. The lowest BCUT2D eigenvalue weighted by Crippen LogP contribution is -2.29. The third-order valence-corrected chi connectivity index (χ3v) is 6.94. The number of nitrogen functional groups attached to an aromatic ring is 1. The normalized spacial score (nSPS) is 12.0. The molecule has 0 aliphatic rings. The van der Waals surface area contributed by atoms with E-state index in [4.69, 9.17) is 15.6 Å². The van der Waals surface area contributed by atoms with Crippen LogP contribution in [-0.2, 0) is 0 Å². The molecule has 5 aromatic rings. The lowest BCUT2D eigenvalue weighted by atomic mass is 10.2. The van der Waals surface area contributed by atoms with Crippen LogP contribution in [0.15, 0.2) is 81.7 Å². The number of rotatable bonds is 7. The van der Waals surface area contributed by atoms with E-state index in [1.165, 1.54) is 31.3 Å². The van der Waals surface area contributed by atoms with E-state index < -0.39 is 11.9 Å². The van der Waals surface area contributed by atoms with Crippen molar-refractivity contribution in [1.82, 2.24) is 24.1 Å². The van der Waals surface area contributed by atoms with Gasteiger partial charge < -0.3 is 15.8 Å². The van der Waals surface area contributed by atoms with Crippen molar-refractivity contribution in [2.24, 2.45) is 0 Å². The Kier molecular flexibility index (Phi) is 6.53. The molecule has 0 saturated carbocycles. The van der Waals surface area contributed by atoms with Crippen LogP contribution in [0.25, 0.3) is 11.2 Å². The molecule has 0 radical (unpaired) electrons. The van der Waals surface area contributed by atoms with Crippen molar-refractivity contribution in [3.05, 3.63) is 94.7 Å². The zero-order chi connectivity index (χ0) is 26.1. The third kappa shape index (κ3) is 4.60. The number of hydrogen-bond donors (Lipinski definition) is 2. The molecular formula is C26H24FN7O2S. The zero-order valence-corrected chi connectivity index (χ0v) is 21.2. The fourth-order valence-electron chi connectivity index (χ4n) is 4.03.